The molecule has 0 saturated carbocycles. The minimum atomic E-state index is -0.751. The zero-order chi connectivity index (χ0) is 34.4. The van der Waals surface area contributed by atoms with Gasteiger partial charge in [0.1, 0.15) is 11.2 Å². The number of hydrogen-bond acceptors (Lipinski definition) is 7. The number of nitrogens with one attached hydrogen (secondary N) is 3. The summed E-state index contributed by atoms with van der Waals surface area (Å²) in [5.41, 5.74) is 1.72. The number of carbonyl (C=O) groups is 4. The minimum Gasteiger partial charge on any atom is -0.493 e. The lowest BCUT2D eigenvalue weighted by atomic mass is 9.79. The number of likely N-dealkylation sites (N-methyl/N-ethyl adjacent to an activating group) is 1. The van der Waals surface area contributed by atoms with Crippen molar-refractivity contribution in [2.75, 3.05) is 40.3 Å². The standard InChI is InChI=1S/C35H43ClN6O6/c1-21(2)48-29-14-13-23(15-30(29)47-4)34(45)41-17-24-18-42(35(46)28-16-31(36)40-39-28)20-26(25(24)19-41)32(43)38-27(33(44)37-3)12-8-11-22-9-6-5-7-10-22/h5-7,9-10,13-16,21,24-27H,8,11-12,17-20H2,1-4H3,(H,37,44)(H,38,43)(H,39,40)/t24?,25?,26?,27-/m0/s1. The molecule has 2 aliphatic rings. The van der Waals surface area contributed by atoms with Gasteiger partial charge >= 0.3 is 0 Å². The van der Waals surface area contributed by atoms with Crippen LogP contribution in [0.2, 0.25) is 5.15 Å². The summed E-state index contributed by atoms with van der Waals surface area (Å²) in [6.07, 6.45) is 1.83. The lowest BCUT2D eigenvalue weighted by Crippen LogP contribution is -2.56. The van der Waals surface area contributed by atoms with E-state index < -0.39 is 12.0 Å². The Morgan fingerprint density at radius 3 is 2.35 bits per heavy atom. The smallest absolute Gasteiger partial charge is 0.274 e. The molecule has 13 heteroatoms. The van der Waals surface area contributed by atoms with Crippen LogP contribution in [0.3, 0.4) is 0 Å². The SMILES string of the molecule is CNC(=O)[C@H](CCCc1ccccc1)NC(=O)C1CN(C(=O)c2cc(Cl)[nH]n2)CC2CN(C(=O)c3ccc(OC(C)C)c(OC)c3)CC21. The summed E-state index contributed by atoms with van der Waals surface area (Å²) < 4.78 is 11.3. The zero-order valence-electron chi connectivity index (χ0n) is 27.7. The molecule has 2 saturated heterocycles. The molecular weight excluding hydrogens is 636 g/mol. The van der Waals surface area contributed by atoms with E-state index in [4.69, 9.17) is 21.1 Å². The number of aryl methyl sites for hydroxylation is 1. The molecule has 3 unspecified atom stereocenters. The molecule has 0 spiro atoms. The highest BCUT2D eigenvalue weighted by molar-refractivity contribution is 6.29. The van der Waals surface area contributed by atoms with E-state index in [9.17, 15) is 19.2 Å². The fraction of sp³-hybridized carbons (Fsp3) is 0.457. The van der Waals surface area contributed by atoms with Crippen LogP contribution < -0.4 is 20.1 Å². The molecule has 0 aliphatic carbocycles. The number of aromatic nitrogens is 2. The molecule has 3 heterocycles. The van der Waals surface area contributed by atoms with Gasteiger partial charge in [0, 0.05) is 44.9 Å². The Balaban J connectivity index is 1.35. The molecule has 4 atom stereocenters. The molecule has 12 nitrogen and oxygen atoms in total. The molecule has 3 N–H and O–H groups in total. The number of aromatic amines is 1. The van der Waals surface area contributed by atoms with Gasteiger partial charge in [-0.3, -0.25) is 24.3 Å². The second-order valence-corrected chi connectivity index (χ2v) is 13.0. The summed E-state index contributed by atoms with van der Waals surface area (Å²) in [5, 5.41) is 12.5. The summed E-state index contributed by atoms with van der Waals surface area (Å²) in [7, 11) is 3.07. The Labute approximate surface area is 285 Å². The van der Waals surface area contributed by atoms with E-state index in [0.717, 1.165) is 12.0 Å². The number of amides is 4. The number of carbonyl (C=O) groups excluding carboxylic acids is 4. The van der Waals surface area contributed by atoms with Gasteiger partial charge in [0.25, 0.3) is 11.8 Å². The fourth-order valence-electron chi connectivity index (χ4n) is 6.67. The number of rotatable bonds is 12. The first-order chi connectivity index (χ1) is 23.1. The van der Waals surface area contributed by atoms with E-state index in [1.165, 1.54) is 13.2 Å². The average Bonchev–Trinajstić information content (AvgIpc) is 3.73. The molecule has 1 aromatic heterocycles. The van der Waals surface area contributed by atoms with Gasteiger partial charge in [-0.15, -0.1) is 0 Å². The number of benzene rings is 2. The molecule has 3 aromatic rings. The van der Waals surface area contributed by atoms with Crippen molar-refractivity contribution in [3.05, 3.63) is 76.6 Å². The van der Waals surface area contributed by atoms with Gasteiger partial charge in [0.2, 0.25) is 11.8 Å². The number of likely N-dealkylation sites (tertiary alicyclic amines) is 2. The van der Waals surface area contributed by atoms with Crippen LogP contribution in [0.25, 0.3) is 0 Å². The number of nitrogens with zero attached hydrogens (tertiary/aromatic N) is 3. The van der Waals surface area contributed by atoms with E-state index in [1.807, 2.05) is 44.2 Å². The number of H-pyrrole nitrogens is 1. The van der Waals surface area contributed by atoms with Crippen molar-refractivity contribution in [2.24, 2.45) is 17.8 Å². The second-order valence-electron chi connectivity index (χ2n) is 12.6. The fourth-order valence-corrected chi connectivity index (χ4v) is 6.81. The van der Waals surface area contributed by atoms with Crippen LogP contribution >= 0.6 is 11.6 Å². The summed E-state index contributed by atoms with van der Waals surface area (Å²) in [5.74, 6) is -1.29. The third-order valence-electron chi connectivity index (χ3n) is 9.01. The number of ether oxygens (including phenoxy) is 2. The van der Waals surface area contributed by atoms with Gasteiger partial charge in [-0.1, -0.05) is 41.9 Å². The Morgan fingerprint density at radius 1 is 0.979 bits per heavy atom. The van der Waals surface area contributed by atoms with Crippen molar-refractivity contribution >= 4 is 35.2 Å². The van der Waals surface area contributed by atoms with Crippen LogP contribution in [-0.2, 0) is 16.0 Å². The first kappa shape index (κ1) is 34.7. The third kappa shape index (κ3) is 8.10. The van der Waals surface area contributed by atoms with E-state index in [0.29, 0.717) is 49.5 Å². The van der Waals surface area contributed by atoms with Gasteiger partial charge in [-0.2, -0.15) is 5.10 Å². The van der Waals surface area contributed by atoms with Crippen molar-refractivity contribution in [3.8, 4) is 11.5 Å². The normalized spacial score (nSPS) is 19.4. The molecular formula is C35H43ClN6O6. The Morgan fingerprint density at radius 2 is 1.71 bits per heavy atom. The molecule has 256 valence electrons. The maximum Gasteiger partial charge on any atom is 0.274 e. The van der Waals surface area contributed by atoms with E-state index in [1.54, 1.807) is 35.0 Å². The van der Waals surface area contributed by atoms with Crippen molar-refractivity contribution < 1.29 is 28.7 Å². The molecule has 5 rings (SSSR count). The monoisotopic (exact) mass is 678 g/mol. The highest BCUT2D eigenvalue weighted by atomic mass is 35.5. The Bertz CT molecular complexity index is 1610. The summed E-state index contributed by atoms with van der Waals surface area (Å²) in [4.78, 5) is 57.6. The van der Waals surface area contributed by atoms with E-state index >= 15 is 0 Å². The highest BCUT2D eigenvalue weighted by Gasteiger charge is 2.48. The number of hydrogen-bond donors (Lipinski definition) is 3. The summed E-state index contributed by atoms with van der Waals surface area (Å²) >= 11 is 6.01. The van der Waals surface area contributed by atoms with Gasteiger partial charge in [0.15, 0.2) is 17.2 Å². The van der Waals surface area contributed by atoms with Crippen LogP contribution in [0.4, 0.5) is 0 Å². The van der Waals surface area contributed by atoms with E-state index in [-0.39, 0.29) is 59.0 Å². The van der Waals surface area contributed by atoms with Gasteiger partial charge in [-0.05, 0) is 68.7 Å². The van der Waals surface area contributed by atoms with Crippen molar-refractivity contribution in [1.29, 1.82) is 0 Å². The van der Waals surface area contributed by atoms with E-state index in [2.05, 4.69) is 20.8 Å². The number of fused-ring (bicyclic) bond motifs is 1. The van der Waals surface area contributed by atoms with Crippen molar-refractivity contribution in [3.63, 3.8) is 0 Å². The first-order valence-corrected chi connectivity index (χ1v) is 16.7. The van der Waals surface area contributed by atoms with Gasteiger partial charge in [0.05, 0.1) is 19.1 Å². The molecule has 48 heavy (non-hydrogen) atoms. The van der Waals surface area contributed by atoms with Crippen LogP contribution in [-0.4, -0.2) is 96.1 Å². The van der Waals surface area contributed by atoms with Gasteiger partial charge < -0.3 is 29.9 Å². The topological polar surface area (TPSA) is 146 Å². The van der Waals surface area contributed by atoms with Crippen LogP contribution in [0.15, 0.2) is 54.6 Å². The molecule has 2 aliphatic heterocycles. The molecule has 2 aromatic carbocycles. The lowest BCUT2D eigenvalue weighted by molar-refractivity contribution is -0.133. The largest absolute Gasteiger partial charge is 0.493 e. The predicted octanol–water partition coefficient (Wildman–Crippen LogP) is 3.57. The Kier molecular flexibility index (Phi) is 11.3. The van der Waals surface area contributed by atoms with Gasteiger partial charge in [-0.25, -0.2) is 0 Å². The number of methoxy groups -OCH3 is 1. The average molecular weight is 679 g/mol. The Hall–Kier alpha value is -4.58. The molecule has 2 fully saturated rings. The zero-order valence-corrected chi connectivity index (χ0v) is 28.5. The van der Waals surface area contributed by atoms with Crippen LogP contribution in [0.5, 0.6) is 11.5 Å². The van der Waals surface area contributed by atoms with Crippen LogP contribution in [0, 0.1) is 17.8 Å². The summed E-state index contributed by atoms with van der Waals surface area (Å²) in [6, 6.07) is 15.7. The first-order valence-electron chi connectivity index (χ1n) is 16.3. The predicted molar refractivity (Wildman–Crippen MR) is 180 cm³/mol. The maximum absolute atomic E-state index is 14.1. The summed E-state index contributed by atoms with van der Waals surface area (Å²) in [6.45, 7) is 4.94. The van der Waals surface area contributed by atoms with Crippen molar-refractivity contribution in [1.82, 2.24) is 30.6 Å². The number of piperidine rings is 1. The van der Waals surface area contributed by atoms with Crippen molar-refractivity contribution in [2.45, 2.75) is 45.3 Å². The highest BCUT2D eigenvalue weighted by Crippen LogP contribution is 2.38. The minimum absolute atomic E-state index is 0.0692. The lowest BCUT2D eigenvalue weighted by Gasteiger charge is -2.39. The molecule has 0 radical (unpaired) electrons. The molecule has 4 amide bonds. The second kappa shape index (κ2) is 15.5. The maximum atomic E-state index is 14.1. The van der Waals surface area contributed by atoms with Crippen LogP contribution in [0.1, 0.15) is 53.1 Å². The third-order valence-corrected chi connectivity index (χ3v) is 9.20. The quantitative estimate of drug-likeness (QED) is 0.266. The number of halogens is 1. The molecule has 0 bridgehead atoms.